The Balaban J connectivity index is 0.00000104. The molecule has 0 unspecified atom stereocenters. The second kappa shape index (κ2) is 16.5. The number of aryl methyl sites for hydroxylation is 2. The highest BCUT2D eigenvalue weighted by molar-refractivity contribution is 9.10. The zero-order chi connectivity index (χ0) is 28.1. The van der Waals surface area contributed by atoms with Crippen molar-refractivity contribution in [3.05, 3.63) is 52.0 Å². The van der Waals surface area contributed by atoms with Crippen LogP contribution in [0.2, 0.25) is 0 Å². The predicted octanol–water partition coefficient (Wildman–Crippen LogP) is 9.23. The molecule has 1 aromatic heterocycles. The van der Waals surface area contributed by atoms with Crippen molar-refractivity contribution in [1.82, 2.24) is 14.5 Å². The van der Waals surface area contributed by atoms with Crippen molar-refractivity contribution in [2.45, 2.75) is 81.6 Å². The van der Waals surface area contributed by atoms with Crippen molar-refractivity contribution in [3.63, 3.8) is 0 Å². The third kappa shape index (κ3) is 9.81. The van der Waals surface area contributed by atoms with Gasteiger partial charge in [0.25, 0.3) is 5.91 Å². The fraction of sp³-hybridized carbons (Fsp3) is 0.548. The van der Waals surface area contributed by atoms with Gasteiger partial charge in [-0.2, -0.15) is 0 Å². The fourth-order valence-corrected chi connectivity index (χ4v) is 4.32. The molecular formula is C31H49BrN4O. The van der Waals surface area contributed by atoms with Gasteiger partial charge in [-0.05, 0) is 60.2 Å². The highest BCUT2D eigenvalue weighted by Gasteiger charge is 2.19. The van der Waals surface area contributed by atoms with Crippen LogP contribution in [0.4, 0.5) is 11.6 Å². The molecule has 1 heterocycles. The molecule has 0 aliphatic heterocycles. The van der Waals surface area contributed by atoms with Gasteiger partial charge in [0, 0.05) is 35.9 Å². The number of carbonyl (C=O) groups excluding carboxylic acids is 1. The monoisotopic (exact) mass is 572 g/mol. The van der Waals surface area contributed by atoms with Crippen molar-refractivity contribution in [3.8, 4) is 0 Å². The van der Waals surface area contributed by atoms with Crippen LogP contribution in [-0.2, 0) is 13.5 Å². The molecule has 0 saturated heterocycles. The molecule has 0 saturated carbocycles. The van der Waals surface area contributed by atoms with E-state index in [1.165, 1.54) is 18.4 Å². The number of imidazole rings is 1. The summed E-state index contributed by atoms with van der Waals surface area (Å²) in [5.41, 5.74) is 4.76. The standard InChI is InChI=1S/C25H33BrN4O.C4H10.C2H6/c1-7-18-12-20(9-10-21(18)26)27-25-28-22-11-8-19(13-23(22)29(25)6)24(31)30(14-16(2)3)15-17(4)5;1-3-4-2;1-2/h8-13,16-17H,7,14-15H2,1-6H3,(H,27,28);3-4H2,1-2H3;1-2H3. The molecule has 6 heteroatoms. The van der Waals surface area contributed by atoms with E-state index in [0.717, 1.165) is 46.7 Å². The van der Waals surface area contributed by atoms with Crippen molar-refractivity contribution < 1.29 is 4.79 Å². The van der Waals surface area contributed by atoms with Gasteiger partial charge in [0.1, 0.15) is 0 Å². The summed E-state index contributed by atoms with van der Waals surface area (Å²) in [7, 11) is 1.98. The SMILES string of the molecule is CC.CCCC.CCc1cc(Nc2nc3ccc(C(=O)N(CC(C)C)CC(C)C)cc3n2C)ccc1Br. The summed E-state index contributed by atoms with van der Waals surface area (Å²) in [5, 5.41) is 3.42. The molecule has 0 aliphatic carbocycles. The molecule has 0 radical (unpaired) electrons. The second-order valence-corrected chi connectivity index (χ2v) is 10.8. The lowest BCUT2D eigenvalue weighted by Crippen LogP contribution is -2.37. The first-order chi connectivity index (χ1) is 17.6. The minimum absolute atomic E-state index is 0.0838. The number of unbranched alkanes of at least 4 members (excludes halogenated alkanes) is 1. The molecule has 37 heavy (non-hydrogen) atoms. The summed E-state index contributed by atoms with van der Waals surface area (Å²) in [6.45, 7) is 20.6. The number of nitrogens with zero attached hydrogens (tertiary/aromatic N) is 3. The molecular weight excluding hydrogens is 524 g/mol. The molecule has 0 aliphatic rings. The average Bonchev–Trinajstić information content (AvgIpc) is 3.19. The van der Waals surface area contributed by atoms with Crippen molar-refractivity contribution >= 4 is 44.5 Å². The lowest BCUT2D eigenvalue weighted by molar-refractivity contribution is 0.0715. The highest BCUT2D eigenvalue weighted by Crippen LogP contribution is 2.26. The van der Waals surface area contributed by atoms with Crippen LogP contribution in [0.25, 0.3) is 11.0 Å². The van der Waals surface area contributed by atoms with Gasteiger partial charge in [0.05, 0.1) is 11.0 Å². The van der Waals surface area contributed by atoms with Gasteiger partial charge in [0.15, 0.2) is 0 Å². The van der Waals surface area contributed by atoms with Crippen molar-refractivity contribution in [1.29, 1.82) is 0 Å². The Bertz CT molecular complexity index is 1090. The number of nitrogens with one attached hydrogen (secondary N) is 1. The molecule has 3 rings (SSSR count). The Morgan fingerprint density at radius 3 is 2.08 bits per heavy atom. The summed E-state index contributed by atoms with van der Waals surface area (Å²) in [5.74, 6) is 1.70. The van der Waals surface area contributed by atoms with E-state index in [1.54, 1.807) is 0 Å². The first-order valence-corrected chi connectivity index (χ1v) is 14.7. The van der Waals surface area contributed by atoms with Gasteiger partial charge in [-0.3, -0.25) is 4.79 Å². The van der Waals surface area contributed by atoms with E-state index in [1.807, 2.05) is 54.6 Å². The van der Waals surface area contributed by atoms with Gasteiger partial charge >= 0.3 is 0 Å². The summed E-state index contributed by atoms with van der Waals surface area (Å²) < 4.78 is 3.12. The van der Waals surface area contributed by atoms with E-state index in [2.05, 4.69) is 81.8 Å². The summed E-state index contributed by atoms with van der Waals surface area (Å²) in [4.78, 5) is 20.0. The van der Waals surface area contributed by atoms with Crippen LogP contribution in [0.5, 0.6) is 0 Å². The molecule has 1 N–H and O–H groups in total. The van der Waals surface area contributed by atoms with Gasteiger partial charge in [0.2, 0.25) is 5.95 Å². The largest absolute Gasteiger partial charge is 0.338 e. The molecule has 3 aromatic rings. The van der Waals surface area contributed by atoms with Crippen LogP contribution in [0.1, 0.15) is 91.1 Å². The highest BCUT2D eigenvalue weighted by atomic mass is 79.9. The van der Waals surface area contributed by atoms with Crippen LogP contribution in [0.3, 0.4) is 0 Å². The van der Waals surface area contributed by atoms with Gasteiger partial charge < -0.3 is 14.8 Å². The third-order valence-electron chi connectivity index (χ3n) is 5.77. The third-order valence-corrected chi connectivity index (χ3v) is 6.54. The summed E-state index contributed by atoms with van der Waals surface area (Å²) in [6, 6.07) is 12.0. The number of carbonyl (C=O) groups is 1. The second-order valence-electron chi connectivity index (χ2n) is 9.98. The molecule has 2 aromatic carbocycles. The number of halogens is 1. The first kappa shape index (κ1) is 32.7. The minimum atomic E-state index is 0.0838. The smallest absolute Gasteiger partial charge is 0.253 e. The Morgan fingerprint density at radius 2 is 1.57 bits per heavy atom. The van der Waals surface area contributed by atoms with E-state index in [-0.39, 0.29) is 5.91 Å². The predicted molar refractivity (Wildman–Crippen MR) is 165 cm³/mol. The zero-order valence-corrected chi connectivity index (χ0v) is 26.4. The maximum absolute atomic E-state index is 13.2. The summed E-state index contributed by atoms with van der Waals surface area (Å²) >= 11 is 3.60. The molecule has 5 nitrogen and oxygen atoms in total. The number of anilines is 2. The summed E-state index contributed by atoms with van der Waals surface area (Å²) in [6.07, 6.45) is 3.59. The van der Waals surface area contributed by atoms with Crippen molar-refractivity contribution in [2.75, 3.05) is 18.4 Å². The number of amides is 1. The van der Waals surface area contributed by atoms with Gasteiger partial charge in [-0.25, -0.2) is 4.98 Å². The normalized spacial score (nSPS) is 10.6. The molecule has 0 fully saturated rings. The quantitative estimate of drug-likeness (QED) is 0.278. The van der Waals surface area contributed by atoms with E-state index >= 15 is 0 Å². The number of hydrogen-bond acceptors (Lipinski definition) is 3. The maximum Gasteiger partial charge on any atom is 0.253 e. The maximum atomic E-state index is 13.2. The Hall–Kier alpha value is -2.34. The number of fused-ring (bicyclic) bond motifs is 1. The van der Waals surface area contributed by atoms with E-state index in [9.17, 15) is 4.79 Å². The topological polar surface area (TPSA) is 50.2 Å². The molecule has 0 bridgehead atoms. The lowest BCUT2D eigenvalue weighted by atomic mass is 10.1. The molecule has 206 valence electrons. The molecule has 0 atom stereocenters. The van der Waals surface area contributed by atoms with E-state index in [0.29, 0.717) is 17.4 Å². The zero-order valence-electron chi connectivity index (χ0n) is 24.8. The number of rotatable bonds is 9. The molecule has 0 spiro atoms. The van der Waals surface area contributed by atoms with Crippen molar-refractivity contribution in [2.24, 2.45) is 18.9 Å². The van der Waals surface area contributed by atoms with Crippen LogP contribution < -0.4 is 5.32 Å². The van der Waals surface area contributed by atoms with Crippen LogP contribution >= 0.6 is 15.9 Å². The van der Waals surface area contributed by atoms with Gasteiger partial charge in [-0.1, -0.05) is 91.1 Å². The van der Waals surface area contributed by atoms with E-state index in [4.69, 9.17) is 4.98 Å². The fourth-order valence-electron chi connectivity index (χ4n) is 3.79. The Morgan fingerprint density at radius 1 is 0.973 bits per heavy atom. The average molecular weight is 574 g/mol. The minimum Gasteiger partial charge on any atom is -0.338 e. The first-order valence-electron chi connectivity index (χ1n) is 13.9. The van der Waals surface area contributed by atoms with Crippen LogP contribution in [0, 0.1) is 11.8 Å². The van der Waals surface area contributed by atoms with Crippen LogP contribution in [0.15, 0.2) is 40.9 Å². The number of aromatic nitrogens is 2. The lowest BCUT2D eigenvalue weighted by Gasteiger charge is -2.26. The Labute approximate surface area is 234 Å². The van der Waals surface area contributed by atoms with Crippen LogP contribution in [-0.4, -0.2) is 33.4 Å². The number of hydrogen-bond donors (Lipinski definition) is 1. The number of benzene rings is 2. The van der Waals surface area contributed by atoms with Gasteiger partial charge in [-0.15, -0.1) is 0 Å². The van der Waals surface area contributed by atoms with E-state index < -0.39 is 0 Å². The Kier molecular flexibility index (Phi) is 14.6. The molecule has 1 amide bonds.